The largest absolute Gasteiger partial charge is 0.406 e. The second-order valence-corrected chi connectivity index (χ2v) is 4.61. The van der Waals surface area contributed by atoms with E-state index in [1.807, 2.05) is 0 Å². The summed E-state index contributed by atoms with van der Waals surface area (Å²) >= 11 is 0. The molecule has 0 unspecified atom stereocenters. The molecule has 0 spiro atoms. The maximum Gasteiger partial charge on any atom is 0.406 e. The highest BCUT2D eigenvalue weighted by molar-refractivity contribution is 5.40. The van der Waals surface area contributed by atoms with Crippen molar-refractivity contribution in [3.05, 3.63) is 12.7 Å². The van der Waals surface area contributed by atoms with Crippen molar-refractivity contribution in [2.75, 3.05) is 17.2 Å². The molecule has 0 radical (unpaired) electrons. The molecular weight excluding hydrogens is 289 g/mol. The van der Waals surface area contributed by atoms with Crippen molar-refractivity contribution in [1.82, 2.24) is 29.7 Å². The summed E-state index contributed by atoms with van der Waals surface area (Å²) in [7, 11) is 0. The van der Waals surface area contributed by atoms with Crippen molar-refractivity contribution < 1.29 is 13.2 Å². The van der Waals surface area contributed by atoms with Crippen LogP contribution in [0.3, 0.4) is 0 Å². The molecule has 8 nitrogen and oxygen atoms in total. The molecular formula is C10H11F3N8. The fourth-order valence-corrected chi connectivity index (χ4v) is 1.85. The van der Waals surface area contributed by atoms with E-state index in [-0.39, 0.29) is 23.9 Å². The summed E-state index contributed by atoms with van der Waals surface area (Å²) in [4.78, 5) is 16.5. The summed E-state index contributed by atoms with van der Waals surface area (Å²) in [5.41, 5.74) is 5.56. The van der Waals surface area contributed by atoms with Gasteiger partial charge in [-0.05, 0) is 12.8 Å². The standard InChI is InChI=1S/C10H11F3N8/c11-10(12,13)3-20(6-1-2-6)8-17-7(14)18-9(19-8)21-5-15-4-16-21/h4-6H,1-3H2,(H2,14,17,18,19). The molecule has 1 fully saturated rings. The fourth-order valence-electron chi connectivity index (χ4n) is 1.85. The van der Waals surface area contributed by atoms with Crippen molar-refractivity contribution in [2.45, 2.75) is 25.1 Å². The number of anilines is 2. The monoisotopic (exact) mass is 300 g/mol. The third-order valence-electron chi connectivity index (χ3n) is 2.85. The molecule has 112 valence electrons. The summed E-state index contributed by atoms with van der Waals surface area (Å²) in [6.45, 7) is -1.13. The fraction of sp³-hybridized carbons (Fsp3) is 0.500. The number of hydrogen-bond acceptors (Lipinski definition) is 7. The second kappa shape index (κ2) is 4.82. The van der Waals surface area contributed by atoms with Gasteiger partial charge in [0.15, 0.2) is 0 Å². The lowest BCUT2D eigenvalue weighted by molar-refractivity contribution is -0.120. The first-order valence-corrected chi connectivity index (χ1v) is 6.12. The summed E-state index contributed by atoms with van der Waals surface area (Å²) < 4.78 is 39.3. The first-order valence-electron chi connectivity index (χ1n) is 6.12. The number of rotatable bonds is 4. The second-order valence-electron chi connectivity index (χ2n) is 4.61. The molecule has 2 N–H and O–H groups in total. The maximum atomic E-state index is 12.7. The maximum absolute atomic E-state index is 12.7. The minimum Gasteiger partial charge on any atom is -0.368 e. The van der Waals surface area contributed by atoms with Gasteiger partial charge in [0.05, 0.1) is 0 Å². The van der Waals surface area contributed by atoms with Gasteiger partial charge in [-0.2, -0.15) is 37.9 Å². The highest BCUT2D eigenvalue weighted by Crippen LogP contribution is 2.32. The lowest BCUT2D eigenvalue weighted by atomic mass is 10.4. The van der Waals surface area contributed by atoms with Crippen molar-refractivity contribution in [3.8, 4) is 5.95 Å². The van der Waals surface area contributed by atoms with Crippen molar-refractivity contribution in [1.29, 1.82) is 0 Å². The number of nitrogens with zero attached hydrogens (tertiary/aromatic N) is 7. The molecule has 0 saturated heterocycles. The molecule has 11 heteroatoms. The lowest BCUT2D eigenvalue weighted by Gasteiger charge is -2.23. The van der Waals surface area contributed by atoms with Crippen LogP contribution in [-0.4, -0.2) is 48.5 Å². The quantitative estimate of drug-likeness (QED) is 0.881. The molecule has 1 saturated carbocycles. The molecule has 21 heavy (non-hydrogen) atoms. The van der Waals surface area contributed by atoms with E-state index in [9.17, 15) is 13.2 Å². The average molecular weight is 300 g/mol. The Morgan fingerprint density at radius 1 is 1.29 bits per heavy atom. The van der Waals surface area contributed by atoms with E-state index in [1.165, 1.54) is 17.3 Å². The van der Waals surface area contributed by atoms with Crippen LogP contribution in [0.15, 0.2) is 12.7 Å². The molecule has 1 aliphatic carbocycles. The van der Waals surface area contributed by atoms with Gasteiger partial charge in [-0.25, -0.2) is 4.98 Å². The molecule has 0 amide bonds. The minimum absolute atomic E-state index is 0.0304. The van der Waals surface area contributed by atoms with Crippen LogP contribution in [0.5, 0.6) is 0 Å². The van der Waals surface area contributed by atoms with Crippen LogP contribution in [0.2, 0.25) is 0 Å². The number of alkyl halides is 3. The summed E-state index contributed by atoms with van der Waals surface area (Å²) in [6.07, 6.45) is -0.435. The van der Waals surface area contributed by atoms with Gasteiger partial charge in [0.25, 0.3) is 5.95 Å². The Hall–Kier alpha value is -2.46. The van der Waals surface area contributed by atoms with E-state index in [4.69, 9.17) is 5.73 Å². The van der Waals surface area contributed by atoms with E-state index < -0.39 is 12.7 Å². The third kappa shape index (κ3) is 3.17. The minimum atomic E-state index is -4.35. The first-order chi connectivity index (χ1) is 9.92. The van der Waals surface area contributed by atoms with Crippen LogP contribution in [0.4, 0.5) is 25.1 Å². The van der Waals surface area contributed by atoms with E-state index in [0.29, 0.717) is 12.8 Å². The zero-order chi connectivity index (χ0) is 15.0. The van der Waals surface area contributed by atoms with E-state index in [2.05, 4.69) is 25.0 Å². The third-order valence-corrected chi connectivity index (χ3v) is 2.85. The Morgan fingerprint density at radius 3 is 2.62 bits per heavy atom. The number of nitrogens with two attached hydrogens (primary N) is 1. The lowest BCUT2D eigenvalue weighted by Crippen LogP contribution is -2.37. The Kier molecular flexibility index (Phi) is 3.11. The van der Waals surface area contributed by atoms with Gasteiger partial charge in [0.2, 0.25) is 11.9 Å². The Morgan fingerprint density at radius 2 is 2.05 bits per heavy atom. The van der Waals surface area contributed by atoms with Gasteiger partial charge in [0.1, 0.15) is 19.2 Å². The van der Waals surface area contributed by atoms with Crippen LogP contribution in [-0.2, 0) is 0 Å². The van der Waals surface area contributed by atoms with Gasteiger partial charge >= 0.3 is 6.18 Å². The number of nitrogen functional groups attached to an aromatic ring is 1. The molecule has 1 aliphatic rings. The predicted molar refractivity (Wildman–Crippen MR) is 65.6 cm³/mol. The number of hydrogen-bond donors (Lipinski definition) is 1. The SMILES string of the molecule is Nc1nc(N(CC(F)(F)F)C2CC2)nc(-n2cncn2)n1. The highest BCUT2D eigenvalue weighted by Gasteiger charge is 2.39. The Bertz CT molecular complexity index is 622. The smallest absolute Gasteiger partial charge is 0.368 e. The molecule has 0 aromatic carbocycles. The van der Waals surface area contributed by atoms with Crippen LogP contribution in [0, 0.1) is 0 Å². The van der Waals surface area contributed by atoms with Gasteiger partial charge in [-0.1, -0.05) is 0 Å². The average Bonchev–Trinajstić information content (AvgIpc) is 3.08. The van der Waals surface area contributed by atoms with E-state index in [1.54, 1.807) is 0 Å². The summed E-state index contributed by atoms with van der Waals surface area (Å²) in [5.74, 6) is -0.242. The van der Waals surface area contributed by atoms with E-state index in [0.717, 1.165) is 4.90 Å². The molecule has 3 rings (SSSR count). The Balaban J connectivity index is 1.96. The molecule has 0 bridgehead atoms. The molecule has 2 heterocycles. The zero-order valence-corrected chi connectivity index (χ0v) is 10.7. The van der Waals surface area contributed by atoms with Crippen molar-refractivity contribution in [3.63, 3.8) is 0 Å². The molecule has 0 aliphatic heterocycles. The summed E-state index contributed by atoms with van der Waals surface area (Å²) in [6, 6.07) is -0.225. The van der Waals surface area contributed by atoms with Crippen LogP contribution < -0.4 is 10.6 Å². The van der Waals surface area contributed by atoms with Crippen molar-refractivity contribution in [2.24, 2.45) is 0 Å². The van der Waals surface area contributed by atoms with Crippen molar-refractivity contribution >= 4 is 11.9 Å². The topological polar surface area (TPSA) is 98.6 Å². The van der Waals surface area contributed by atoms with Gasteiger partial charge in [-0.3, -0.25) is 0 Å². The normalized spacial score (nSPS) is 15.2. The van der Waals surface area contributed by atoms with Gasteiger partial charge in [-0.15, -0.1) is 0 Å². The van der Waals surface area contributed by atoms with Crippen LogP contribution >= 0.6 is 0 Å². The number of halogens is 3. The predicted octanol–water partition coefficient (Wildman–Crippen LogP) is 0.566. The van der Waals surface area contributed by atoms with Crippen LogP contribution in [0.25, 0.3) is 5.95 Å². The van der Waals surface area contributed by atoms with Crippen LogP contribution in [0.1, 0.15) is 12.8 Å². The van der Waals surface area contributed by atoms with Gasteiger partial charge in [0, 0.05) is 6.04 Å². The first kappa shape index (κ1) is 13.5. The number of aromatic nitrogens is 6. The molecule has 2 aromatic rings. The van der Waals surface area contributed by atoms with E-state index >= 15 is 0 Å². The Labute approximate surface area is 116 Å². The molecule has 0 atom stereocenters. The summed E-state index contributed by atoms with van der Waals surface area (Å²) in [5, 5.41) is 3.82. The zero-order valence-electron chi connectivity index (χ0n) is 10.7. The van der Waals surface area contributed by atoms with Gasteiger partial charge < -0.3 is 10.6 Å². The highest BCUT2D eigenvalue weighted by atomic mass is 19.4. The molecule has 2 aromatic heterocycles.